The molecule has 1 atom stereocenters. The molecule has 0 N–H and O–H groups in total. The molecule has 1 fully saturated rings. The molecule has 33 heavy (non-hydrogen) atoms. The van der Waals surface area contributed by atoms with E-state index in [-0.39, 0.29) is 11.9 Å². The Hall–Kier alpha value is -3.44. The first-order valence-corrected chi connectivity index (χ1v) is 11.6. The maximum absolute atomic E-state index is 12.9. The smallest absolute Gasteiger partial charge is 0.227 e. The number of hydrogen-bond donors (Lipinski definition) is 0. The van der Waals surface area contributed by atoms with Gasteiger partial charge in [-0.3, -0.25) is 4.79 Å². The van der Waals surface area contributed by atoms with Crippen LogP contribution in [0.3, 0.4) is 0 Å². The number of hydrogen-bond acceptors (Lipinski definition) is 4. The number of anilines is 1. The van der Waals surface area contributed by atoms with E-state index >= 15 is 0 Å². The first-order valence-electron chi connectivity index (χ1n) is 11.2. The highest BCUT2D eigenvalue weighted by Crippen LogP contribution is 2.32. The molecule has 0 unspecified atom stereocenters. The molecule has 1 aromatic heterocycles. The number of carbonyl (C=O) groups excluding carboxylic acids is 1. The number of halogens is 1. The van der Waals surface area contributed by atoms with Gasteiger partial charge in [-0.1, -0.05) is 78.3 Å². The maximum Gasteiger partial charge on any atom is 0.227 e. The van der Waals surface area contributed by atoms with Gasteiger partial charge in [0.15, 0.2) is 5.82 Å². The summed E-state index contributed by atoms with van der Waals surface area (Å²) in [5.41, 5.74) is 2.92. The number of carbonyl (C=O) groups is 1. The van der Waals surface area contributed by atoms with Crippen molar-refractivity contribution >= 4 is 34.1 Å². The van der Waals surface area contributed by atoms with Crippen molar-refractivity contribution in [3.8, 4) is 11.3 Å². The van der Waals surface area contributed by atoms with Gasteiger partial charge in [-0.05, 0) is 24.6 Å². The Morgan fingerprint density at radius 1 is 0.909 bits per heavy atom. The summed E-state index contributed by atoms with van der Waals surface area (Å²) in [5.74, 6) is 1.02. The van der Waals surface area contributed by atoms with Gasteiger partial charge in [-0.2, -0.15) is 0 Å². The van der Waals surface area contributed by atoms with Gasteiger partial charge in [0, 0.05) is 47.0 Å². The fraction of sp³-hybridized carbons (Fsp3) is 0.222. The molecule has 6 heteroatoms. The first-order chi connectivity index (χ1) is 16.1. The van der Waals surface area contributed by atoms with Gasteiger partial charge < -0.3 is 9.80 Å². The molecule has 5 rings (SSSR count). The lowest BCUT2D eigenvalue weighted by Gasteiger charge is -2.40. The third-order valence-electron chi connectivity index (χ3n) is 6.24. The number of piperazine rings is 1. The Labute approximate surface area is 198 Å². The molecule has 166 valence electrons. The second-order valence-electron chi connectivity index (χ2n) is 8.47. The third kappa shape index (κ3) is 4.41. The van der Waals surface area contributed by atoms with Gasteiger partial charge in [0.05, 0.1) is 6.42 Å². The maximum atomic E-state index is 12.9. The number of rotatable bonds is 4. The zero-order chi connectivity index (χ0) is 22.8. The van der Waals surface area contributed by atoms with Crippen LogP contribution >= 0.6 is 11.6 Å². The van der Waals surface area contributed by atoms with Gasteiger partial charge in [0.1, 0.15) is 5.69 Å². The minimum absolute atomic E-state index is 0.133. The second kappa shape index (κ2) is 9.20. The molecule has 0 spiro atoms. The molecule has 1 aliphatic heterocycles. The van der Waals surface area contributed by atoms with E-state index in [4.69, 9.17) is 11.6 Å². The quantitative estimate of drug-likeness (QED) is 0.422. The lowest BCUT2D eigenvalue weighted by atomic mass is 10.0. The summed E-state index contributed by atoms with van der Waals surface area (Å²) in [4.78, 5) is 17.1. The molecule has 1 amide bonds. The molecule has 5 nitrogen and oxygen atoms in total. The molecule has 0 bridgehead atoms. The largest absolute Gasteiger partial charge is 0.348 e. The van der Waals surface area contributed by atoms with Crippen LogP contribution in [0, 0.1) is 0 Å². The SMILES string of the molecule is C[C@H]1CN(C(=O)Cc2ccc(Cl)cc2)CCN1c1nnc(-c2ccccc2)c2ccccc12. The van der Waals surface area contributed by atoms with Crippen LogP contribution in [0.4, 0.5) is 5.82 Å². The summed E-state index contributed by atoms with van der Waals surface area (Å²) in [6.45, 7) is 4.18. The molecule has 1 saturated heterocycles. The molecule has 0 saturated carbocycles. The van der Waals surface area contributed by atoms with E-state index in [1.807, 2.05) is 59.5 Å². The molecule has 0 radical (unpaired) electrons. The number of fused-ring (bicyclic) bond motifs is 1. The predicted molar refractivity (Wildman–Crippen MR) is 134 cm³/mol. The van der Waals surface area contributed by atoms with Crippen molar-refractivity contribution in [1.29, 1.82) is 0 Å². The Bertz CT molecular complexity index is 1280. The van der Waals surface area contributed by atoms with E-state index < -0.39 is 0 Å². The summed E-state index contributed by atoms with van der Waals surface area (Å²) in [6.07, 6.45) is 0.387. The van der Waals surface area contributed by atoms with Crippen molar-refractivity contribution in [2.75, 3.05) is 24.5 Å². The lowest BCUT2D eigenvalue weighted by Crippen LogP contribution is -2.54. The van der Waals surface area contributed by atoms with E-state index in [0.29, 0.717) is 24.5 Å². The fourth-order valence-electron chi connectivity index (χ4n) is 4.50. The number of amides is 1. The van der Waals surface area contributed by atoms with Gasteiger partial charge in [-0.15, -0.1) is 10.2 Å². The summed E-state index contributed by atoms with van der Waals surface area (Å²) in [6, 6.07) is 26.1. The Morgan fingerprint density at radius 2 is 1.61 bits per heavy atom. The van der Waals surface area contributed by atoms with Gasteiger partial charge >= 0.3 is 0 Å². The molecule has 4 aromatic rings. The first kappa shape index (κ1) is 21.4. The molecule has 0 aliphatic carbocycles. The van der Waals surface area contributed by atoms with Crippen molar-refractivity contribution in [3.63, 3.8) is 0 Å². The third-order valence-corrected chi connectivity index (χ3v) is 6.49. The topological polar surface area (TPSA) is 49.3 Å². The van der Waals surface area contributed by atoms with Crippen molar-refractivity contribution in [2.45, 2.75) is 19.4 Å². The van der Waals surface area contributed by atoms with Gasteiger partial charge in [0.25, 0.3) is 0 Å². The van der Waals surface area contributed by atoms with Crippen LogP contribution in [0.5, 0.6) is 0 Å². The van der Waals surface area contributed by atoms with Crippen molar-refractivity contribution < 1.29 is 4.79 Å². The Kier molecular flexibility index (Phi) is 5.97. The van der Waals surface area contributed by atoms with Crippen LogP contribution in [0.2, 0.25) is 5.02 Å². The fourth-order valence-corrected chi connectivity index (χ4v) is 4.62. The standard InChI is InChI=1S/C27H25ClN4O/c1-19-18-31(25(33)17-20-11-13-22(28)14-12-20)15-16-32(19)27-24-10-6-5-9-23(24)26(29-30-27)21-7-3-2-4-8-21/h2-14,19H,15-18H2,1H3/t19-/m0/s1. The Balaban J connectivity index is 1.37. The van der Waals surface area contributed by atoms with E-state index in [1.54, 1.807) is 0 Å². The molecular formula is C27H25ClN4O. The molecular weight excluding hydrogens is 432 g/mol. The summed E-state index contributed by atoms with van der Waals surface area (Å²) >= 11 is 5.96. The lowest BCUT2D eigenvalue weighted by molar-refractivity contribution is -0.131. The van der Waals surface area contributed by atoms with Crippen molar-refractivity contribution in [3.05, 3.63) is 89.4 Å². The van der Waals surface area contributed by atoms with Crippen molar-refractivity contribution in [1.82, 2.24) is 15.1 Å². The summed E-state index contributed by atoms with van der Waals surface area (Å²) in [7, 11) is 0. The monoisotopic (exact) mass is 456 g/mol. The minimum Gasteiger partial charge on any atom is -0.348 e. The normalized spacial score (nSPS) is 16.2. The summed E-state index contributed by atoms with van der Waals surface area (Å²) < 4.78 is 0. The minimum atomic E-state index is 0.133. The number of benzene rings is 3. The van der Waals surface area contributed by atoms with E-state index in [1.165, 1.54) is 0 Å². The van der Waals surface area contributed by atoms with E-state index in [0.717, 1.165) is 40.0 Å². The van der Waals surface area contributed by atoms with Crippen molar-refractivity contribution in [2.24, 2.45) is 0 Å². The molecule has 2 heterocycles. The van der Waals surface area contributed by atoms with Crippen LogP contribution in [0.1, 0.15) is 12.5 Å². The van der Waals surface area contributed by atoms with Gasteiger partial charge in [0.2, 0.25) is 5.91 Å². The highest BCUT2D eigenvalue weighted by Gasteiger charge is 2.29. The number of aromatic nitrogens is 2. The zero-order valence-electron chi connectivity index (χ0n) is 18.5. The number of nitrogens with zero attached hydrogens (tertiary/aromatic N) is 4. The highest BCUT2D eigenvalue weighted by molar-refractivity contribution is 6.30. The van der Waals surface area contributed by atoms with Gasteiger partial charge in [-0.25, -0.2) is 0 Å². The zero-order valence-corrected chi connectivity index (χ0v) is 19.2. The van der Waals surface area contributed by atoms with Crippen LogP contribution in [0.15, 0.2) is 78.9 Å². The highest BCUT2D eigenvalue weighted by atomic mass is 35.5. The van der Waals surface area contributed by atoms with E-state index in [2.05, 4.69) is 46.3 Å². The predicted octanol–water partition coefficient (Wildman–Crippen LogP) is 5.23. The second-order valence-corrected chi connectivity index (χ2v) is 8.91. The molecule has 3 aromatic carbocycles. The average Bonchev–Trinajstić information content (AvgIpc) is 2.85. The molecule has 1 aliphatic rings. The van der Waals surface area contributed by atoms with Crippen LogP contribution in [0.25, 0.3) is 22.0 Å². The van der Waals surface area contributed by atoms with E-state index in [9.17, 15) is 4.79 Å². The van der Waals surface area contributed by atoms with Crippen LogP contribution in [-0.2, 0) is 11.2 Å². The Morgan fingerprint density at radius 3 is 2.33 bits per heavy atom. The van der Waals surface area contributed by atoms with Crippen LogP contribution in [-0.4, -0.2) is 46.7 Å². The van der Waals surface area contributed by atoms with Crippen LogP contribution < -0.4 is 4.90 Å². The summed E-state index contributed by atoms with van der Waals surface area (Å²) in [5, 5.41) is 12.1. The average molecular weight is 457 g/mol.